The summed E-state index contributed by atoms with van der Waals surface area (Å²) in [7, 11) is 0. The zero-order valence-electron chi connectivity index (χ0n) is 14.2. The second-order valence-corrected chi connectivity index (χ2v) is 7.40. The Hall–Kier alpha value is -1.26. The van der Waals surface area contributed by atoms with E-state index in [1.54, 1.807) is 4.90 Å². The van der Waals surface area contributed by atoms with Crippen LogP contribution in [0.25, 0.3) is 0 Å². The van der Waals surface area contributed by atoms with Crippen molar-refractivity contribution in [2.45, 2.75) is 66.0 Å². The van der Waals surface area contributed by atoms with Gasteiger partial charge in [0.1, 0.15) is 11.6 Å². The monoisotopic (exact) mass is 298 g/mol. The minimum Gasteiger partial charge on any atom is -0.458 e. The van der Waals surface area contributed by atoms with Gasteiger partial charge in [-0.2, -0.15) is 0 Å². The SMILES string of the molecule is CC1CCCN(C(=O)N[C@H](C(=O)OC(C)(C)C)C(C)C)C1. The predicted molar refractivity (Wildman–Crippen MR) is 83.0 cm³/mol. The minimum absolute atomic E-state index is 0.00832. The molecule has 1 heterocycles. The van der Waals surface area contributed by atoms with E-state index in [1.807, 2.05) is 34.6 Å². The largest absolute Gasteiger partial charge is 0.458 e. The van der Waals surface area contributed by atoms with Gasteiger partial charge in [-0.05, 0) is 45.4 Å². The highest BCUT2D eigenvalue weighted by Crippen LogP contribution is 2.17. The van der Waals surface area contributed by atoms with E-state index >= 15 is 0 Å². The number of ether oxygens (including phenoxy) is 1. The summed E-state index contributed by atoms with van der Waals surface area (Å²) in [5.41, 5.74) is -0.547. The van der Waals surface area contributed by atoms with Crippen LogP contribution in [-0.4, -0.2) is 41.6 Å². The number of rotatable bonds is 3. The molecule has 1 rings (SSSR count). The van der Waals surface area contributed by atoms with Crippen molar-refractivity contribution in [1.82, 2.24) is 10.2 Å². The maximum atomic E-state index is 12.3. The first-order valence-electron chi connectivity index (χ1n) is 7.88. The average Bonchev–Trinajstić information content (AvgIpc) is 2.32. The Morgan fingerprint density at radius 3 is 2.38 bits per heavy atom. The third-order valence-electron chi connectivity index (χ3n) is 3.55. The van der Waals surface area contributed by atoms with Crippen LogP contribution in [0.2, 0.25) is 0 Å². The van der Waals surface area contributed by atoms with Crippen LogP contribution < -0.4 is 5.32 Å². The van der Waals surface area contributed by atoms with Crippen LogP contribution in [-0.2, 0) is 9.53 Å². The topological polar surface area (TPSA) is 58.6 Å². The van der Waals surface area contributed by atoms with Gasteiger partial charge in [-0.25, -0.2) is 9.59 Å². The van der Waals surface area contributed by atoms with Crippen LogP contribution in [0.15, 0.2) is 0 Å². The first kappa shape index (κ1) is 17.8. The Kier molecular flexibility index (Phi) is 6.05. The fourth-order valence-corrected chi connectivity index (χ4v) is 2.46. The third kappa shape index (κ3) is 5.94. The Morgan fingerprint density at radius 2 is 1.90 bits per heavy atom. The number of amides is 2. The van der Waals surface area contributed by atoms with Crippen molar-refractivity contribution < 1.29 is 14.3 Å². The Bertz CT molecular complexity index is 374. The molecule has 1 saturated heterocycles. The van der Waals surface area contributed by atoms with E-state index in [0.29, 0.717) is 5.92 Å². The molecule has 0 aliphatic carbocycles. The molecule has 0 bridgehead atoms. The van der Waals surface area contributed by atoms with Gasteiger partial charge in [0.05, 0.1) is 0 Å². The number of nitrogens with zero attached hydrogens (tertiary/aromatic N) is 1. The summed E-state index contributed by atoms with van der Waals surface area (Å²) in [6.07, 6.45) is 2.18. The van der Waals surface area contributed by atoms with E-state index in [-0.39, 0.29) is 17.9 Å². The Morgan fingerprint density at radius 1 is 1.29 bits per heavy atom. The van der Waals surface area contributed by atoms with Crippen LogP contribution >= 0.6 is 0 Å². The molecule has 1 aliphatic rings. The summed E-state index contributed by atoms with van der Waals surface area (Å²) in [6, 6.07) is -0.764. The van der Waals surface area contributed by atoms with E-state index in [4.69, 9.17) is 4.74 Å². The summed E-state index contributed by atoms with van der Waals surface area (Å²) in [6.45, 7) is 13.0. The lowest BCUT2D eigenvalue weighted by molar-refractivity contribution is -0.158. The molecule has 21 heavy (non-hydrogen) atoms. The van der Waals surface area contributed by atoms with Crippen LogP contribution in [0.5, 0.6) is 0 Å². The molecule has 0 saturated carbocycles. The molecule has 5 heteroatoms. The number of hydrogen-bond donors (Lipinski definition) is 1. The molecule has 2 amide bonds. The quantitative estimate of drug-likeness (QED) is 0.815. The summed E-state index contributed by atoms with van der Waals surface area (Å²) in [5, 5.41) is 2.84. The van der Waals surface area contributed by atoms with Crippen molar-refractivity contribution in [2.75, 3.05) is 13.1 Å². The Labute approximate surface area is 128 Å². The van der Waals surface area contributed by atoms with Crippen molar-refractivity contribution in [3.63, 3.8) is 0 Å². The molecule has 122 valence electrons. The number of esters is 1. The van der Waals surface area contributed by atoms with E-state index in [1.165, 1.54) is 0 Å². The average molecular weight is 298 g/mol. The van der Waals surface area contributed by atoms with Gasteiger partial charge in [0, 0.05) is 13.1 Å². The van der Waals surface area contributed by atoms with E-state index in [2.05, 4.69) is 12.2 Å². The minimum atomic E-state index is -0.603. The van der Waals surface area contributed by atoms with Gasteiger partial charge in [0.2, 0.25) is 0 Å². The summed E-state index contributed by atoms with van der Waals surface area (Å²) >= 11 is 0. The molecule has 5 nitrogen and oxygen atoms in total. The normalized spacial score (nSPS) is 21.1. The van der Waals surface area contributed by atoms with Gasteiger partial charge in [-0.1, -0.05) is 20.8 Å². The number of nitrogens with one attached hydrogen (secondary N) is 1. The third-order valence-corrected chi connectivity index (χ3v) is 3.55. The number of hydrogen-bond acceptors (Lipinski definition) is 3. The van der Waals surface area contributed by atoms with E-state index < -0.39 is 11.6 Å². The van der Waals surface area contributed by atoms with Crippen LogP contribution in [0.3, 0.4) is 0 Å². The summed E-state index contributed by atoms with van der Waals surface area (Å²) in [4.78, 5) is 26.4. The first-order valence-corrected chi connectivity index (χ1v) is 7.88. The van der Waals surface area contributed by atoms with Gasteiger partial charge < -0.3 is 15.0 Å². The predicted octanol–water partition coefficient (Wildman–Crippen LogP) is 2.79. The lowest BCUT2D eigenvalue weighted by Gasteiger charge is -2.33. The lowest BCUT2D eigenvalue weighted by atomic mass is 10.0. The molecule has 0 aromatic carbocycles. The molecule has 1 aliphatic heterocycles. The molecule has 1 fully saturated rings. The van der Waals surface area contributed by atoms with Crippen molar-refractivity contribution in [3.8, 4) is 0 Å². The highest BCUT2D eigenvalue weighted by Gasteiger charge is 2.31. The molecule has 0 spiro atoms. The first-order chi connectivity index (χ1) is 9.60. The van der Waals surface area contributed by atoms with Gasteiger partial charge in [0.15, 0.2) is 0 Å². The molecular formula is C16H30N2O3. The fourth-order valence-electron chi connectivity index (χ4n) is 2.46. The van der Waals surface area contributed by atoms with E-state index in [0.717, 1.165) is 25.9 Å². The highest BCUT2D eigenvalue weighted by molar-refractivity contribution is 5.84. The van der Waals surface area contributed by atoms with Crippen molar-refractivity contribution in [1.29, 1.82) is 0 Å². The molecular weight excluding hydrogens is 268 g/mol. The van der Waals surface area contributed by atoms with Crippen molar-refractivity contribution in [2.24, 2.45) is 11.8 Å². The number of carbonyl (C=O) groups is 2. The number of likely N-dealkylation sites (tertiary alicyclic amines) is 1. The second-order valence-electron chi connectivity index (χ2n) is 7.40. The second kappa shape index (κ2) is 7.14. The smallest absolute Gasteiger partial charge is 0.329 e. The number of urea groups is 1. The van der Waals surface area contributed by atoms with Crippen LogP contribution in [0, 0.1) is 11.8 Å². The molecule has 1 unspecified atom stereocenters. The maximum absolute atomic E-state index is 12.3. The Balaban J connectivity index is 2.65. The summed E-state index contributed by atoms with van der Waals surface area (Å²) < 4.78 is 5.40. The number of piperidine rings is 1. The zero-order valence-corrected chi connectivity index (χ0v) is 14.2. The molecule has 0 radical (unpaired) electrons. The molecule has 0 aromatic heterocycles. The van der Waals surface area contributed by atoms with Gasteiger partial charge in [-0.15, -0.1) is 0 Å². The van der Waals surface area contributed by atoms with Gasteiger partial charge in [-0.3, -0.25) is 0 Å². The highest BCUT2D eigenvalue weighted by atomic mass is 16.6. The van der Waals surface area contributed by atoms with Gasteiger partial charge >= 0.3 is 12.0 Å². The zero-order chi connectivity index (χ0) is 16.2. The van der Waals surface area contributed by atoms with Gasteiger partial charge in [0.25, 0.3) is 0 Å². The van der Waals surface area contributed by atoms with Crippen LogP contribution in [0.1, 0.15) is 54.4 Å². The van der Waals surface area contributed by atoms with Crippen LogP contribution in [0.4, 0.5) is 4.79 Å². The van der Waals surface area contributed by atoms with Crippen molar-refractivity contribution >= 4 is 12.0 Å². The summed E-state index contributed by atoms with van der Waals surface area (Å²) in [5.74, 6) is 0.144. The maximum Gasteiger partial charge on any atom is 0.329 e. The van der Waals surface area contributed by atoms with E-state index in [9.17, 15) is 9.59 Å². The number of carbonyl (C=O) groups excluding carboxylic acids is 2. The lowest BCUT2D eigenvalue weighted by Crippen LogP contribution is -2.53. The fraction of sp³-hybridized carbons (Fsp3) is 0.875. The standard InChI is InChI=1S/C16H30N2O3/c1-11(2)13(14(19)21-16(4,5)6)17-15(20)18-9-7-8-12(3)10-18/h11-13H,7-10H2,1-6H3,(H,17,20)/t12?,13-/m0/s1. The van der Waals surface area contributed by atoms with Crippen molar-refractivity contribution in [3.05, 3.63) is 0 Å². The molecule has 1 N–H and O–H groups in total. The molecule has 2 atom stereocenters. The molecule has 0 aromatic rings.